The van der Waals surface area contributed by atoms with Crippen molar-refractivity contribution in [1.82, 2.24) is 0 Å². The van der Waals surface area contributed by atoms with E-state index in [1.807, 2.05) is 11.9 Å². The Kier molecular flexibility index (Phi) is 3.84. The van der Waals surface area contributed by atoms with E-state index < -0.39 is 0 Å². The van der Waals surface area contributed by atoms with Crippen LogP contribution in [0.4, 0.5) is 0 Å². The van der Waals surface area contributed by atoms with Gasteiger partial charge in [0.1, 0.15) is 0 Å². The largest absolute Gasteiger partial charge is 0.103 e. The zero-order valence-electron chi connectivity index (χ0n) is 3.15. The molecule has 0 radical (unpaired) electrons. The van der Waals surface area contributed by atoms with Gasteiger partial charge in [-0.15, -0.1) is 6.58 Å². The molecular weight excluding hydrogens is 79.0 g/mol. The number of allylic oxidation sites excluding steroid dienone is 1. The summed E-state index contributed by atoms with van der Waals surface area (Å²) in [4.78, 5) is 0. The van der Waals surface area contributed by atoms with Gasteiger partial charge < -0.3 is 0 Å². The van der Waals surface area contributed by atoms with Gasteiger partial charge in [-0.25, -0.2) is 0 Å². The van der Waals surface area contributed by atoms with Crippen LogP contribution in [-0.4, -0.2) is 5.80 Å². The summed E-state index contributed by atoms with van der Waals surface area (Å²) in [5.41, 5.74) is 0. The average Bonchev–Trinajstić information content (AvgIpc) is 1.41. The Bertz CT molecular complexity index is 32.9. The van der Waals surface area contributed by atoms with Gasteiger partial charge in [-0.3, -0.25) is 0 Å². The van der Waals surface area contributed by atoms with E-state index in [4.69, 9.17) is 0 Å². The maximum absolute atomic E-state index is 3.51. The van der Waals surface area contributed by atoms with Gasteiger partial charge in [0.15, 0.2) is 0 Å². The molecule has 0 heterocycles. The van der Waals surface area contributed by atoms with Crippen LogP contribution in [0.15, 0.2) is 12.7 Å². The highest BCUT2D eigenvalue weighted by molar-refractivity contribution is 7.18. The van der Waals surface area contributed by atoms with Crippen molar-refractivity contribution < 1.29 is 0 Å². The van der Waals surface area contributed by atoms with Gasteiger partial charge in [-0.2, -0.15) is 0 Å². The van der Waals surface area contributed by atoms with Crippen LogP contribution in [0.2, 0.25) is 0 Å². The summed E-state index contributed by atoms with van der Waals surface area (Å²) < 4.78 is 0. The van der Waals surface area contributed by atoms with Gasteiger partial charge in [-0.1, -0.05) is 6.08 Å². The quantitative estimate of drug-likeness (QED) is 0.351. The van der Waals surface area contributed by atoms with Crippen molar-refractivity contribution in [3.05, 3.63) is 12.7 Å². The Labute approximate surface area is 34.7 Å². The van der Waals surface area contributed by atoms with Crippen molar-refractivity contribution in [1.29, 1.82) is 0 Å². The molecule has 0 aromatic carbocycles. The zero-order valence-corrected chi connectivity index (χ0v) is 4.30. The highest BCUT2D eigenvalue weighted by atomic mass is 31.0. The fourth-order valence-electron chi connectivity index (χ4n) is 0.0962. The molecule has 0 saturated carbocycles. The zero-order chi connectivity index (χ0) is 4.12. The first-order valence-electron chi connectivity index (χ1n) is 1.56. The molecular formula is C4H8P+. The molecule has 0 rings (SSSR count). The van der Waals surface area contributed by atoms with Crippen LogP contribution in [0.3, 0.4) is 0 Å². The molecule has 0 bridgehead atoms. The smallest absolute Gasteiger partial charge is 0.0840 e. The fraction of sp³-hybridized carbons (Fsp3) is 0.250. The Hall–Kier alpha value is -0.0900. The molecule has 0 aliphatic heterocycles. The van der Waals surface area contributed by atoms with Crippen LogP contribution in [-0.2, 0) is 0 Å². The lowest BCUT2D eigenvalue weighted by Gasteiger charge is -1.58. The molecule has 1 heteroatoms. The van der Waals surface area contributed by atoms with E-state index in [0.717, 1.165) is 6.42 Å². The average molecular weight is 87.1 g/mol. The Balaban J connectivity index is 2.65. The lowest BCUT2D eigenvalue weighted by Crippen LogP contribution is -1.53. The van der Waals surface area contributed by atoms with Gasteiger partial charge in [0.25, 0.3) is 0 Å². The van der Waals surface area contributed by atoms with Gasteiger partial charge in [0.05, 0.1) is 14.7 Å². The van der Waals surface area contributed by atoms with Gasteiger partial charge in [0.2, 0.25) is 0 Å². The molecule has 0 aliphatic rings. The summed E-state index contributed by atoms with van der Waals surface area (Å²) in [6, 6.07) is 0. The van der Waals surface area contributed by atoms with Crippen LogP contribution >= 0.6 is 8.86 Å². The van der Waals surface area contributed by atoms with Crippen molar-refractivity contribution in [2.45, 2.75) is 6.42 Å². The molecule has 0 nitrogen and oxygen atoms in total. The lowest BCUT2D eigenvalue weighted by molar-refractivity contribution is 1.60. The summed E-state index contributed by atoms with van der Waals surface area (Å²) in [5, 5.41) is 0. The third-order valence-corrected chi connectivity index (χ3v) is 0.575. The summed E-state index contributed by atoms with van der Waals surface area (Å²) >= 11 is 0. The first-order valence-corrected chi connectivity index (χ1v) is 2.22. The Morgan fingerprint density at radius 1 is 1.80 bits per heavy atom. The molecule has 0 N–H and O–H groups in total. The van der Waals surface area contributed by atoms with E-state index in [0.29, 0.717) is 0 Å². The lowest BCUT2D eigenvalue weighted by atomic mass is 10.5. The van der Waals surface area contributed by atoms with Crippen LogP contribution < -0.4 is 0 Å². The minimum atomic E-state index is 0.991. The predicted molar refractivity (Wildman–Crippen MR) is 30.6 cm³/mol. The third kappa shape index (κ3) is 3.91. The van der Waals surface area contributed by atoms with E-state index in [1.54, 1.807) is 0 Å². The Morgan fingerprint density at radius 2 is 2.40 bits per heavy atom. The molecule has 28 valence electrons. The minimum absolute atomic E-state index is 0.991. The number of hydrogen-bond donors (Lipinski definition) is 0. The van der Waals surface area contributed by atoms with Gasteiger partial charge in [0, 0.05) is 6.42 Å². The van der Waals surface area contributed by atoms with Gasteiger partial charge in [-0.05, 0) is 0 Å². The van der Waals surface area contributed by atoms with E-state index >= 15 is 0 Å². The second kappa shape index (κ2) is 3.91. The van der Waals surface area contributed by atoms with Crippen LogP contribution in [0.5, 0.6) is 0 Å². The van der Waals surface area contributed by atoms with Gasteiger partial charge >= 0.3 is 0 Å². The molecule has 0 spiro atoms. The number of rotatable bonds is 2. The first-order chi connectivity index (χ1) is 2.41. The monoisotopic (exact) mass is 87.0 g/mol. The molecule has 0 saturated heterocycles. The van der Waals surface area contributed by atoms with E-state index in [-0.39, 0.29) is 0 Å². The molecule has 1 unspecified atom stereocenters. The number of hydrogen-bond acceptors (Lipinski definition) is 0. The van der Waals surface area contributed by atoms with Crippen LogP contribution in [0, 0.1) is 0 Å². The van der Waals surface area contributed by atoms with E-state index in [9.17, 15) is 0 Å². The first kappa shape index (κ1) is 4.91. The van der Waals surface area contributed by atoms with Crippen molar-refractivity contribution in [2.75, 3.05) is 0 Å². The summed E-state index contributed by atoms with van der Waals surface area (Å²) in [7, 11) is 2.50. The van der Waals surface area contributed by atoms with Crippen LogP contribution in [0.1, 0.15) is 6.42 Å². The molecule has 0 amide bonds. The molecule has 5 heavy (non-hydrogen) atoms. The molecule has 1 atom stereocenters. The maximum Gasteiger partial charge on any atom is 0.0840 e. The summed E-state index contributed by atoms with van der Waals surface area (Å²) in [6.45, 7) is 3.51. The fourth-order valence-corrected chi connectivity index (χ4v) is 0.289. The van der Waals surface area contributed by atoms with E-state index in [2.05, 4.69) is 15.4 Å². The van der Waals surface area contributed by atoms with Crippen molar-refractivity contribution >= 4 is 14.7 Å². The van der Waals surface area contributed by atoms with Crippen molar-refractivity contribution in [3.63, 3.8) is 0 Å². The van der Waals surface area contributed by atoms with E-state index in [1.165, 1.54) is 0 Å². The SMILES string of the molecule is C=CCC=[PH2+]. The predicted octanol–water partition coefficient (Wildman–Crippen LogP) is 1.24. The second-order valence-corrected chi connectivity index (χ2v) is 1.23. The van der Waals surface area contributed by atoms with Crippen molar-refractivity contribution in [3.8, 4) is 0 Å². The highest BCUT2D eigenvalue weighted by Gasteiger charge is 1.59. The minimum Gasteiger partial charge on any atom is -0.103 e. The molecule has 0 aliphatic carbocycles. The maximum atomic E-state index is 3.51. The summed E-state index contributed by atoms with van der Waals surface area (Å²) in [5.74, 6) is 1.98. The normalized spacial score (nSPS) is 6.40. The third-order valence-electron chi connectivity index (χ3n) is 0.303. The molecule has 0 aromatic rings. The van der Waals surface area contributed by atoms with Crippen molar-refractivity contribution in [2.24, 2.45) is 0 Å². The molecule has 0 fully saturated rings. The van der Waals surface area contributed by atoms with Crippen LogP contribution in [0.25, 0.3) is 0 Å². The highest BCUT2D eigenvalue weighted by Crippen LogP contribution is 1.70. The second-order valence-electron chi connectivity index (χ2n) is 0.760. The standard InChI is InChI=1S/C4H7P/c1-2-3-4-5/h2,4-5H,1,3H2/p+1. The molecule has 0 aromatic heterocycles. The summed E-state index contributed by atoms with van der Waals surface area (Å²) in [6.07, 6.45) is 2.84. The topological polar surface area (TPSA) is 0 Å². The Morgan fingerprint density at radius 3 is 2.40 bits per heavy atom.